The zero-order valence-corrected chi connectivity index (χ0v) is 24.3. The molecule has 37 heavy (non-hydrogen) atoms. The SMILES string of the molecule is CC(=O)O[C@H]1CC[C@]2(C)[C@@H]3CC[C@@]4(C)[C@H](CC[C@@H]4[C@H](C)CCCC(C)C)[C@H]3C/C(=N/O)[C@@]2(OC(C)=O)C1. The van der Waals surface area contributed by atoms with Gasteiger partial charge in [-0.25, -0.2) is 0 Å². The average Bonchev–Trinajstić information content (AvgIpc) is 3.15. The Bertz CT molecular complexity index is 900. The van der Waals surface area contributed by atoms with Crippen LogP contribution in [0.4, 0.5) is 0 Å². The molecule has 4 saturated carbocycles. The van der Waals surface area contributed by atoms with Crippen LogP contribution in [0.2, 0.25) is 0 Å². The molecule has 0 aromatic carbocycles. The van der Waals surface area contributed by atoms with Crippen LogP contribution in [0.3, 0.4) is 0 Å². The number of hydrogen-bond acceptors (Lipinski definition) is 6. The lowest BCUT2D eigenvalue weighted by molar-refractivity contribution is -0.204. The Hall–Kier alpha value is -1.59. The number of carbonyl (C=O) groups is 2. The largest absolute Gasteiger partial charge is 0.462 e. The van der Waals surface area contributed by atoms with Gasteiger partial charge in [-0.1, -0.05) is 59.0 Å². The molecule has 210 valence electrons. The van der Waals surface area contributed by atoms with Gasteiger partial charge in [-0.15, -0.1) is 0 Å². The van der Waals surface area contributed by atoms with E-state index in [9.17, 15) is 14.8 Å². The van der Waals surface area contributed by atoms with Gasteiger partial charge < -0.3 is 14.7 Å². The normalized spacial score (nSPS) is 43.0. The highest BCUT2D eigenvalue weighted by Gasteiger charge is 2.69. The van der Waals surface area contributed by atoms with Crippen molar-refractivity contribution in [1.29, 1.82) is 0 Å². The second-order valence-electron chi connectivity index (χ2n) is 14.0. The molecule has 6 nitrogen and oxygen atoms in total. The van der Waals surface area contributed by atoms with Crippen LogP contribution in [0.15, 0.2) is 5.16 Å². The highest BCUT2D eigenvalue weighted by atomic mass is 16.6. The third-order valence-electron chi connectivity index (χ3n) is 11.5. The Morgan fingerprint density at radius 1 is 1.00 bits per heavy atom. The second kappa shape index (κ2) is 10.5. The molecule has 1 N–H and O–H groups in total. The topological polar surface area (TPSA) is 85.2 Å². The van der Waals surface area contributed by atoms with Crippen LogP contribution >= 0.6 is 0 Å². The molecule has 4 aliphatic carbocycles. The number of oxime groups is 1. The van der Waals surface area contributed by atoms with E-state index in [4.69, 9.17) is 9.47 Å². The fourth-order valence-electron chi connectivity index (χ4n) is 9.95. The molecule has 0 unspecified atom stereocenters. The Labute approximate surface area is 224 Å². The lowest BCUT2D eigenvalue weighted by Gasteiger charge is -2.64. The van der Waals surface area contributed by atoms with Crippen LogP contribution in [0.25, 0.3) is 0 Å². The molecule has 9 atom stereocenters. The summed E-state index contributed by atoms with van der Waals surface area (Å²) < 4.78 is 11.8. The van der Waals surface area contributed by atoms with Gasteiger partial charge in [0.2, 0.25) is 0 Å². The molecule has 0 spiro atoms. The molecule has 0 aliphatic heterocycles. The molecule has 0 heterocycles. The summed E-state index contributed by atoms with van der Waals surface area (Å²) in [5, 5.41) is 14.2. The third-order valence-corrected chi connectivity index (χ3v) is 11.5. The van der Waals surface area contributed by atoms with E-state index >= 15 is 0 Å². The summed E-state index contributed by atoms with van der Waals surface area (Å²) in [5.74, 6) is 2.96. The van der Waals surface area contributed by atoms with Gasteiger partial charge in [-0.3, -0.25) is 9.59 Å². The first-order valence-electron chi connectivity index (χ1n) is 15.0. The number of carbonyl (C=O) groups excluding carboxylic acids is 2. The van der Waals surface area contributed by atoms with Crippen molar-refractivity contribution in [2.24, 2.45) is 51.5 Å². The lowest BCUT2D eigenvalue weighted by atomic mass is 9.42. The summed E-state index contributed by atoms with van der Waals surface area (Å²) in [6, 6.07) is 0. The standard InChI is InChI=1S/C31H51NO5/c1-19(2)9-8-10-20(3)25-11-12-26-24-17-28(32-35)31(37-22(5)34)18-23(36-21(4)33)13-16-30(31,7)27(24)14-15-29(25,26)6/h19-20,23-27,35H,8-18H2,1-7H3/b32-28-/t20-,23+,24-,25-,26-,27-,29-,30-,31+/m1/s1. The maximum atomic E-state index is 12.5. The van der Waals surface area contributed by atoms with Gasteiger partial charge in [0.05, 0.1) is 0 Å². The van der Waals surface area contributed by atoms with Crippen LogP contribution in [0.1, 0.15) is 119 Å². The Kier molecular flexibility index (Phi) is 8.08. The predicted octanol–water partition coefficient (Wildman–Crippen LogP) is 7.17. The van der Waals surface area contributed by atoms with Crippen LogP contribution in [-0.2, 0) is 19.1 Å². The van der Waals surface area contributed by atoms with Gasteiger partial charge in [0, 0.05) is 25.7 Å². The highest BCUT2D eigenvalue weighted by molar-refractivity contribution is 5.96. The monoisotopic (exact) mass is 517 g/mol. The van der Waals surface area contributed by atoms with Gasteiger partial charge in [0.1, 0.15) is 11.8 Å². The Balaban J connectivity index is 1.63. The maximum absolute atomic E-state index is 12.5. The highest BCUT2D eigenvalue weighted by Crippen LogP contribution is 2.69. The fraction of sp³-hybridized carbons (Fsp3) is 0.903. The zero-order chi connectivity index (χ0) is 27.2. The van der Waals surface area contributed by atoms with E-state index in [2.05, 4.69) is 39.8 Å². The molecular weight excluding hydrogens is 466 g/mol. The summed E-state index contributed by atoms with van der Waals surface area (Å²) in [5.41, 5.74) is -0.474. The van der Waals surface area contributed by atoms with Crippen molar-refractivity contribution >= 4 is 17.7 Å². The molecule has 0 bridgehead atoms. The van der Waals surface area contributed by atoms with Crippen LogP contribution < -0.4 is 0 Å². The molecule has 0 radical (unpaired) electrons. The molecule has 4 aliphatic rings. The summed E-state index contributed by atoms with van der Waals surface area (Å²) >= 11 is 0. The van der Waals surface area contributed by atoms with E-state index in [-0.39, 0.29) is 23.5 Å². The molecular formula is C31H51NO5. The van der Waals surface area contributed by atoms with Crippen molar-refractivity contribution in [2.75, 3.05) is 0 Å². The first-order valence-corrected chi connectivity index (χ1v) is 15.0. The van der Waals surface area contributed by atoms with Gasteiger partial charge in [-0.2, -0.15) is 0 Å². The minimum Gasteiger partial charge on any atom is -0.462 e. The number of ether oxygens (including phenoxy) is 2. The maximum Gasteiger partial charge on any atom is 0.303 e. The van der Waals surface area contributed by atoms with Crippen molar-refractivity contribution in [3.8, 4) is 0 Å². The molecule has 6 heteroatoms. The number of hydrogen-bond donors (Lipinski definition) is 1. The van der Waals surface area contributed by atoms with Crippen molar-refractivity contribution in [3.05, 3.63) is 0 Å². The first-order chi connectivity index (χ1) is 17.4. The number of nitrogens with zero attached hydrogens (tertiary/aromatic N) is 1. The first kappa shape index (κ1) is 28.4. The van der Waals surface area contributed by atoms with Crippen molar-refractivity contribution in [2.45, 2.75) is 131 Å². The van der Waals surface area contributed by atoms with E-state index in [1.54, 1.807) is 0 Å². The molecule has 0 aromatic heterocycles. The van der Waals surface area contributed by atoms with Gasteiger partial charge >= 0.3 is 11.9 Å². The number of esters is 2. The minimum atomic E-state index is -1.02. The number of rotatable bonds is 7. The van der Waals surface area contributed by atoms with Crippen LogP contribution in [0, 0.1) is 46.3 Å². The zero-order valence-electron chi connectivity index (χ0n) is 24.3. The van der Waals surface area contributed by atoms with Crippen molar-refractivity contribution in [3.63, 3.8) is 0 Å². The quantitative estimate of drug-likeness (QED) is 0.220. The summed E-state index contributed by atoms with van der Waals surface area (Å²) in [4.78, 5) is 24.3. The van der Waals surface area contributed by atoms with Crippen LogP contribution in [0.5, 0.6) is 0 Å². The van der Waals surface area contributed by atoms with Crippen molar-refractivity contribution < 1.29 is 24.3 Å². The molecule has 0 amide bonds. The third kappa shape index (κ3) is 4.84. The second-order valence-corrected chi connectivity index (χ2v) is 14.0. The Morgan fingerprint density at radius 2 is 1.73 bits per heavy atom. The summed E-state index contributed by atoms with van der Waals surface area (Å²) in [6.45, 7) is 14.8. The van der Waals surface area contributed by atoms with E-state index in [0.717, 1.165) is 37.0 Å². The fourth-order valence-corrected chi connectivity index (χ4v) is 9.95. The molecule has 4 fully saturated rings. The van der Waals surface area contributed by atoms with E-state index in [0.29, 0.717) is 41.7 Å². The van der Waals surface area contributed by atoms with Gasteiger partial charge in [0.25, 0.3) is 0 Å². The molecule has 0 aromatic rings. The smallest absolute Gasteiger partial charge is 0.303 e. The summed E-state index contributed by atoms with van der Waals surface area (Å²) in [7, 11) is 0. The lowest BCUT2D eigenvalue weighted by Crippen LogP contribution is -2.68. The molecule has 0 saturated heterocycles. The minimum absolute atomic E-state index is 0.311. The summed E-state index contributed by atoms with van der Waals surface area (Å²) in [6.07, 6.45) is 11.0. The average molecular weight is 518 g/mol. The number of fused-ring (bicyclic) bond motifs is 5. The van der Waals surface area contributed by atoms with Crippen LogP contribution in [-0.4, -0.2) is 34.6 Å². The Morgan fingerprint density at radius 3 is 2.35 bits per heavy atom. The van der Waals surface area contributed by atoms with E-state index < -0.39 is 5.60 Å². The predicted molar refractivity (Wildman–Crippen MR) is 144 cm³/mol. The van der Waals surface area contributed by atoms with Gasteiger partial charge in [-0.05, 0) is 85.9 Å². The van der Waals surface area contributed by atoms with E-state index in [1.807, 2.05) is 0 Å². The molecule has 4 rings (SSSR count). The van der Waals surface area contributed by atoms with Crippen molar-refractivity contribution in [1.82, 2.24) is 0 Å². The van der Waals surface area contributed by atoms with E-state index in [1.165, 1.54) is 52.4 Å². The van der Waals surface area contributed by atoms with Gasteiger partial charge in [0.15, 0.2) is 5.60 Å².